The summed E-state index contributed by atoms with van der Waals surface area (Å²) in [5.41, 5.74) is 4.76. The summed E-state index contributed by atoms with van der Waals surface area (Å²) in [7, 11) is 8.69. The second-order valence-corrected chi connectivity index (χ2v) is 4.35. The van der Waals surface area contributed by atoms with Gasteiger partial charge in [0.15, 0.2) is 5.65 Å². The summed E-state index contributed by atoms with van der Waals surface area (Å²) in [6, 6.07) is 7.90. The van der Waals surface area contributed by atoms with Crippen molar-refractivity contribution < 1.29 is 0 Å². The zero-order valence-electron chi connectivity index (χ0n) is 10.4. The Morgan fingerprint density at radius 3 is 2.85 bits per heavy atom. The molecule has 88 valence electrons. The number of imidazole rings is 1. The van der Waals surface area contributed by atoms with Crippen molar-refractivity contribution in [3.05, 3.63) is 36.8 Å². The molecule has 0 saturated carbocycles. The van der Waals surface area contributed by atoms with Crippen molar-refractivity contribution in [2.24, 2.45) is 0 Å². The quantitative estimate of drug-likeness (QED) is 0.466. The number of benzene rings is 1. The van der Waals surface area contributed by atoms with Gasteiger partial charge in [-0.1, -0.05) is 12.1 Å². The highest BCUT2D eigenvalue weighted by atomic mass is 15.1. The highest BCUT2D eigenvalue weighted by molar-refractivity contribution is 7.27. The molecule has 0 unspecified atom stereocenters. The van der Waals surface area contributed by atoms with Crippen molar-refractivity contribution in [2.45, 2.75) is 0 Å². The number of nitrogens with zero attached hydrogens (tertiary/aromatic N) is 5. The van der Waals surface area contributed by atoms with E-state index in [0.717, 1.165) is 22.3 Å². The van der Waals surface area contributed by atoms with Crippen LogP contribution in [0.2, 0.25) is 0 Å². The van der Waals surface area contributed by atoms with Crippen LogP contribution in [-0.4, -0.2) is 46.3 Å². The van der Waals surface area contributed by atoms with Gasteiger partial charge in [0.1, 0.15) is 24.7 Å². The molecule has 20 heavy (non-hydrogen) atoms. The molecule has 0 spiro atoms. The maximum absolute atomic E-state index is 5.50. The van der Waals surface area contributed by atoms with E-state index in [0.29, 0.717) is 11.1 Å². The van der Waals surface area contributed by atoms with E-state index in [2.05, 4.69) is 19.9 Å². The Balaban J connectivity index is 2.27. The first-order valence-electron chi connectivity index (χ1n) is 6.13. The molecule has 0 atom stereocenters. The fourth-order valence-corrected chi connectivity index (χ4v) is 2.36. The van der Waals surface area contributed by atoms with Crippen molar-refractivity contribution in [1.82, 2.24) is 24.3 Å². The zero-order valence-corrected chi connectivity index (χ0v) is 10.4. The molecule has 3 aromatic heterocycles. The van der Waals surface area contributed by atoms with Gasteiger partial charge in [0, 0.05) is 20.4 Å². The lowest BCUT2D eigenvalue weighted by atomic mass is 9.27. The van der Waals surface area contributed by atoms with Gasteiger partial charge >= 0.3 is 0 Å². The van der Waals surface area contributed by atoms with Crippen LogP contribution >= 0.6 is 0 Å². The van der Waals surface area contributed by atoms with Crippen LogP contribution in [0.5, 0.6) is 0 Å². The van der Waals surface area contributed by atoms with E-state index < -0.39 is 0 Å². The summed E-state index contributed by atoms with van der Waals surface area (Å²) in [5.74, 6) is 0. The highest BCUT2D eigenvalue weighted by Crippen LogP contribution is 2.18. The molecule has 0 aliphatic carbocycles. The summed E-state index contributed by atoms with van der Waals surface area (Å²) in [5, 5.41) is 0. The van der Waals surface area contributed by atoms with E-state index in [-0.39, 0.29) is 0 Å². The van der Waals surface area contributed by atoms with Gasteiger partial charge in [0.25, 0.3) is 0 Å². The first kappa shape index (κ1) is 11.5. The number of aromatic nitrogens is 5. The second-order valence-electron chi connectivity index (χ2n) is 4.35. The second kappa shape index (κ2) is 4.33. The molecule has 5 nitrogen and oxygen atoms in total. The lowest BCUT2D eigenvalue weighted by Gasteiger charge is -2.05. The molecular formula is C12H6B3N5. The molecule has 4 radical (unpaired) electrons. The maximum atomic E-state index is 5.50. The standard InChI is InChI=1S/C12H6B3N5/c13-15-14-10-12-19-7-3-1-2-4-9(7)20(12)11-8(18-10)5-16-6-17-11/h1-6H. The zero-order chi connectivity index (χ0) is 13.5. The van der Waals surface area contributed by atoms with Crippen molar-refractivity contribution in [2.75, 3.05) is 0 Å². The molecule has 0 N–H and O–H groups in total. The van der Waals surface area contributed by atoms with Crippen LogP contribution in [0.3, 0.4) is 0 Å². The van der Waals surface area contributed by atoms with Crippen LogP contribution in [0.1, 0.15) is 0 Å². The summed E-state index contributed by atoms with van der Waals surface area (Å²) in [6.45, 7) is 0. The molecule has 0 aliphatic heterocycles. The Hall–Kier alpha value is -2.37. The predicted octanol–water partition coefficient (Wildman–Crippen LogP) is -0.142. The van der Waals surface area contributed by atoms with Gasteiger partial charge in [0.2, 0.25) is 0 Å². The number of rotatable bonds is 2. The van der Waals surface area contributed by atoms with E-state index in [1.807, 2.05) is 28.7 Å². The van der Waals surface area contributed by atoms with Crippen LogP contribution in [0.4, 0.5) is 0 Å². The predicted molar refractivity (Wildman–Crippen MR) is 80.5 cm³/mol. The number of hydrogen-bond donors (Lipinski definition) is 0. The first-order valence-corrected chi connectivity index (χ1v) is 6.13. The lowest BCUT2D eigenvalue weighted by molar-refractivity contribution is 1.13. The molecule has 0 amide bonds. The van der Waals surface area contributed by atoms with Crippen LogP contribution in [-0.2, 0) is 0 Å². The van der Waals surface area contributed by atoms with E-state index in [1.54, 1.807) is 13.4 Å². The molecule has 8 heteroatoms. The van der Waals surface area contributed by atoms with E-state index in [9.17, 15) is 0 Å². The average Bonchev–Trinajstić information content (AvgIpc) is 2.88. The minimum atomic E-state index is 0.700. The average molecular weight is 253 g/mol. The largest absolute Gasteiger partial charge is 0.274 e. The summed E-state index contributed by atoms with van der Waals surface area (Å²) >= 11 is 0. The Bertz CT molecular complexity index is 936. The maximum Gasteiger partial charge on any atom is 0.168 e. The van der Waals surface area contributed by atoms with Crippen LogP contribution in [0.15, 0.2) is 36.8 Å². The lowest BCUT2D eigenvalue weighted by Crippen LogP contribution is -2.27. The van der Waals surface area contributed by atoms with Crippen molar-refractivity contribution >= 4 is 55.4 Å². The molecule has 4 aromatic rings. The van der Waals surface area contributed by atoms with Crippen molar-refractivity contribution in [3.8, 4) is 0 Å². The van der Waals surface area contributed by atoms with Crippen molar-refractivity contribution in [1.29, 1.82) is 0 Å². The molecule has 3 heterocycles. The highest BCUT2D eigenvalue weighted by Gasteiger charge is 2.13. The summed E-state index contributed by atoms with van der Waals surface area (Å²) < 4.78 is 1.98. The van der Waals surface area contributed by atoms with Gasteiger partial charge in [-0.2, -0.15) is 0 Å². The van der Waals surface area contributed by atoms with E-state index in [4.69, 9.17) is 7.74 Å². The fourth-order valence-electron chi connectivity index (χ4n) is 2.36. The molecule has 0 aliphatic rings. The normalized spacial score (nSPS) is 11.2. The topological polar surface area (TPSA) is 56.0 Å². The molecule has 1 aromatic carbocycles. The fraction of sp³-hybridized carbons (Fsp3) is 0. The minimum Gasteiger partial charge on any atom is -0.274 e. The van der Waals surface area contributed by atoms with Crippen molar-refractivity contribution in [3.63, 3.8) is 0 Å². The number of fused-ring (bicyclic) bond motifs is 5. The molecule has 0 fully saturated rings. The number of para-hydroxylation sites is 2. The van der Waals surface area contributed by atoms with Crippen LogP contribution in [0.25, 0.3) is 27.8 Å². The Morgan fingerprint density at radius 1 is 1.05 bits per heavy atom. The van der Waals surface area contributed by atoms with Gasteiger partial charge in [-0.15, -0.1) is 0 Å². The van der Waals surface area contributed by atoms with Crippen LogP contribution in [0, 0.1) is 0 Å². The Labute approximate surface area is 117 Å². The smallest absolute Gasteiger partial charge is 0.168 e. The first-order chi connectivity index (χ1) is 9.88. The van der Waals surface area contributed by atoms with Gasteiger partial charge in [-0.05, 0) is 12.1 Å². The molecule has 0 bridgehead atoms. The van der Waals surface area contributed by atoms with Gasteiger partial charge in [0.05, 0.1) is 17.2 Å². The number of hydrogen-bond acceptors (Lipinski definition) is 4. The Kier molecular flexibility index (Phi) is 2.48. The third-order valence-corrected chi connectivity index (χ3v) is 3.17. The van der Waals surface area contributed by atoms with Crippen LogP contribution < -0.4 is 5.59 Å². The minimum absolute atomic E-state index is 0.700. The Morgan fingerprint density at radius 2 is 1.95 bits per heavy atom. The monoisotopic (exact) mass is 253 g/mol. The van der Waals surface area contributed by atoms with Gasteiger partial charge < -0.3 is 0 Å². The molecule has 4 rings (SSSR count). The van der Waals surface area contributed by atoms with E-state index >= 15 is 0 Å². The third-order valence-electron chi connectivity index (χ3n) is 3.17. The van der Waals surface area contributed by atoms with Gasteiger partial charge in [-0.25, -0.2) is 15.0 Å². The summed E-state index contributed by atoms with van der Waals surface area (Å²) in [6.07, 6.45) is 3.20. The third kappa shape index (κ3) is 1.54. The summed E-state index contributed by atoms with van der Waals surface area (Å²) in [4.78, 5) is 17.5. The SMILES string of the molecule is [B][B][B]c1nc2cncnc2n2c1nc1ccccc12. The van der Waals surface area contributed by atoms with E-state index in [1.165, 1.54) is 13.4 Å². The van der Waals surface area contributed by atoms with Gasteiger partial charge in [-0.3, -0.25) is 9.38 Å². The molecular weight excluding hydrogens is 247 g/mol. The molecule has 0 saturated heterocycles.